The molecule has 2 aliphatic heterocycles. The van der Waals surface area contributed by atoms with Gasteiger partial charge in [0.05, 0.1) is 11.8 Å². The van der Waals surface area contributed by atoms with E-state index in [0.717, 1.165) is 24.8 Å². The quantitative estimate of drug-likeness (QED) is 0.536. The molecule has 0 bridgehead atoms. The number of rotatable bonds is 9. The zero-order valence-corrected chi connectivity index (χ0v) is 15.4. The number of hydrogen-bond acceptors (Lipinski definition) is 5. The molecule has 0 aliphatic carbocycles. The number of unbranched alkanes of at least 4 members (excludes halogenated alkanes) is 5. The fourth-order valence-corrected chi connectivity index (χ4v) is 4.10. The van der Waals surface area contributed by atoms with Gasteiger partial charge >= 0.3 is 11.9 Å². The summed E-state index contributed by atoms with van der Waals surface area (Å²) in [7, 11) is 0. The van der Waals surface area contributed by atoms with Crippen molar-refractivity contribution in [1.82, 2.24) is 0 Å². The molecule has 2 fully saturated rings. The molecule has 5 heteroatoms. The molecule has 1 N–H and O–H groups in total. The van der Waals surface area contributed by atoms with Crippen LogP contribution in [0.5, 0.6) is 5.75 Å². The highest BCUT2D eigenvalue weighted by atomic mass is 16.6. The van der Waals surface area contributed by atoms with Gasteiger partial charge in [0.2, 0.25) is 6.10 Å². The predicted molar refractivity (Wildman–Crippen MR) is 96.5 cm³/mol. The molecular weight excluding hydrogens is 332 g/mol. The monoisotopic (exact) mass is 360 g/mol. The van der Waals surface area contributed by atoms with Crippen LogP contribution in [0.3, 0.4) is 0 Å². The summed E-state index contributed by atoms with van der Waals surface area (Å²) in [6.07, 6.45) is 7.40. The fraction of sp³-hybridized carbons (Fsp3) is 0.619. The van der Waals surface area contributed by atoms with Crippen LogP contribution in [-0.4, -0.2) is 29.3 Å². The van der Waals surface area contributed by atoms with Crippen LogP contribution in [0, 0.1) is 11.8 Å². The highest BCUT2D eigenvalue weighted by Gasteiger charge is 2.57. The molecule has 0 radical (unpaired) electrons. The van der Waals surface area contributed by atoms with Gasteiger partial charge in [-0.2, -0.15) is 0 Å². The summed E-state index contributed by atoms with van der Waals surface area (Å²) in [5, 5.41) is 9.41. The van der Waals surface area contributed by atoms with Crippen molar-refractivity contribution < 1.29 is 24.2 Å². The Kier molecular flexibility index (Phi) is 6.17. The molecular formula is C21H28O5. The van der Waals surface area contributed by atoms with E-state index in [0.29, 0.717) is 6.42 Å². The summed E-state index contributed by atoms with van der Waals surface area (Å²) in [6, 6.07) is 6.82. The maximum atomic E-state index is 12.3. The molecule has 1 aromatic rings. The van der Waals surface area contributed by atoms with Crippen molar-refractivity contribution >= 4 is 11.9 Å². The first-order valence-electron chi connectivity index (χ1n) is 9.79. The van der Waals surface area contributed by atoms with E-state index in [1.807, 2.05) is 0 Å². The van der Waals surface area contributed by atoms with Crippen molar-refractivity contribution in [2.45, 2.75) is 70.5 Å². The lowest BCUT2D eigenvalue weighted by atomic mass is 9.81. The maximum Gasteiger partial charge on any atom is 0.348 e. The summed E-state index contributed by atoms with van der Waals surface area (Å²) in [5.74, 6) is -1.06. The Labute approximate surface area is 154 Å². The molecule has 0 spiro atoms. The van der Waals surface area contributed by atoms with Crippen LogP contribution in [0.15, 0.2) is 24.3 Å². The van der Waals surface area contributed by atoms with Gasteiger partial charge in [0.25, 0.3) is 0 Å². The molecule has 4 atom stereocenters. The van der Waals surface area contributed by atoms with Crippen molar-refractivity contribution in [3.05, 3.63) is 29.8 Å². The number of ether oxygens (including phenoxy) is 2. The van der Waals surface area contributed by atoms with Gasteiger partial charge in [-0.05, 0) is 37.0 Å². The highest BCUT2D eigenvalue weighted by molar-refractivity contribution is 5.87. The third kappa shape index (κ3) is 4.19. The minimum Gasteiger partial charge on any atom is -0.508 e. The number of aromatic hydroxyl groups is 1. The van der Waals surface area contributed by atoms with Gasteiger partial charge in [0, 0.05) is 0 Å². The number of cyclic esters (lactones) is 1. The molecule has 2 saturated heterocycles. The van der Waals surface area contributed by atoms with Crippen LogP contribution in [0.1, 0.15) is 57.4 Å². The van der Waals surface area contributed by atoms with E-state index >= 15 is 0 Å². The van der Waals surface area contributed by atoms with Gasteiger partial charge in [-0.3, -0.25) is 4.79 Å². The molecule has 3 rings (SSSR count). The lowest BCUT2D eigenvalue weighted by Crippen LogP contribution is -2.28. The lowest BCUT2D eigenvalue weighted by Gasteiger charge is -2.20. The lowest BCUT2D eigenvalue weighted by molar-refractivity contribution is -0.159. The van der Waals surface area contributed by atoms with Crippen molar-refractivity contribution in [1.29, 1.82) is 0 Å². The Morgan fingerprint density at radius 1 is 0.923 bits per heavy atom. The van der Waals surface area contributed by atoms with E-state index in [1.54, 1.807) is 24.3 Å². The number of benzene rings is 1. The Balaban J connectivity index is 1.60. The number of esters is 2. The SMILES string of the molecule is CCCCCCCC[C@H]1OC(=O)[C@@H]2OC(=O)[C@H](Cc3ccc(O)cc3)[C@H]12. The Bertz CT molecular complexity index is 624. The largest absolute Gasteiger partial charge is 0.508 e. The van der Waals surface area contributed by atoms with Crippen LogP contribution in [0.25, 0.3) is 0 Å². The highest BCUT2D eigenvalue weighted by Crippen LogP contribution is 2.41. The van der Waals surface area contributed by atoms with Crippen LogP contribution >= 0.6 is 0 Å². The second-order valence-electron chi connectivity index (χ2n) is 7.44. The molecule has 1 aromatic carbocycles. The van der Waals surface area contributed by atoms with Gasteiger partial charge in [0.15, 0.2) is 0 Å². The Hall–Kier alpha value is -2.04. The van der Waals surface area contributed by atoms with Gasteiger partial charge in [0.1, 0.15) is 11.9 Å². The van der Waals surface area contributed by atoms with Crippen LogP contribution in [0.2, 0.25) is 0 Å². The first-order chi connectivity index (χ1) is 12.6. The summed E-state index contributed by atoms with van der Waals surface area (Å²) in [6.45, 7) is 2.20. The zero-order chi connectivity index (χ0) is 18.5. The summed E-state index contributed by atoms with van der Waals surface area (Å²) in [5.41, 5.74) is 0.947. The predicted octanol–water partition coefficient (Wildman–Crippen LogP) is 3.77. The van der Waals surface area contributed by atoms with Gasteiger partial charge in [-0.25, -0.2) is 4.79 Å². The molecule has 0 amide bonds. The molecule has 2 heterocycles. The second-order valence-corrected chi connectivity index (χ2v) is 7.44. The van der Waals surface area contributed by atoms with Crippen molar-refractivity contribution in [3.63, 3.8) is 0 Å². The molecule has 2 aliphatic rings. The first kappa shape index (κ1) is 18.7. The van der Waals surface area contributed by atoms with E-state index in [4.69, 9.17) is 9.47 Å². The average molecular weight is 360 g/mol. The van der Waals surface area contributed by atoms with E-state index in [-0.39, 0.29) is 29.7 Å². The molecule has 0 aromatic heterocycles. The number of phenolic OH excluding ortho intramolecular Hbond substituents is 1. The Morgan fingerprint density at radius 3 is 2.35 bits per heavy atom. The molecule has 142 valence electrons. The van der Waals surface area contributed by atoms with E-state index in [1.165, 1.54) is 25.7 Å². The maximum absolute atomic E-state index is 12.3. The molecule has 5 nitrogen and oxygen atoms in total. The number of carbonyl (C=O) groups is 2. The van der Waals surface area contributed by atoms with Crippen molar-refractivity contribution in [2.24, 2.45) is 11.8 Å². The van der Waals surface area contributed by atoms with Gasteiger partial charge in [-0.1, -0.05) is 51.2 Å². The molecule has 26 heavy (non-hydrogen) atoms. The van der Waals surface area contributed by atoms with Crippen LogP contribution in [-0.2, 0) is 25.5 Å². The normalized spacial score (nSPS) is 27.3. The first-order valence-corrected chi connectivity index (χ1v) is 9.79. The van der Waals surface area contributed by atoms with Gasteiger partial charge < -0.3 is 14.6 Å². The van der Waals surface area contributed by atoms with Crippen LogP contribution < -0.4 is 0 Å². The van der Waals surface area contributed by atoms with E-state index in [2.05, 4.69) is 6.92 Å². The smallest absolute Gasteiger partial charge is 0.348 e. The number of hydrogen-bond donors (Lipinski definition) is 1. The fourth-order valence-electron chi connectivity index (χ4n) is 4.10. The summed E-state index contributed by atoms with van der Waals surface area (Å²) in [4.78, 5) is 24.4. The average Bonchev–Trinajstić information content (AvgIpc) is 3.10. The Morgan fingerprint density at radius 2 is 1.62 bits per heavy atom. The topological polar surface area (TPSA) is 72.8 Å². The summed E-state index contributed by atoms with van der Waals surface area (Å²) < 4.78 is 10.9. The molecule has 0 saturated carbocycles. The third-order valence-corrected chi connectivity index (χ3v) is 5.52. The van der Waals surface area contributed by atoms with Gasteiger partial charge in [-0.15, -0.1) is 0 Å². The summed E-state index contributed by atoms with van der Waals surface area (Å²) >= 11 is 0. The number of carbonyl (C=O) groups excluding carboxylic acids is 2. The second kappa shape index (κ2) is 8.56. The third-order valence-electron chi connectivity index (χ3n) is 5.52. The standard InChI is InChI=1S/C21H28O5/c1-2-3-4-5-6-7-8-17-18-16(13-14-9-11-15(22)12-10-14)20(23)26-19(18)21(24)25-17/h9-12,16-19,22H,2-8,13H2,1H3/t16-,17-,18-,19-/m1/s1. The van der Waals surface area contributed by atoms with Crippen LogP contribution in [0.4, 0.5) is 0 Å². The minimum atomic E-state index is -0.741. The number of phenols is 1. The van der Waals surface area contributed by atoms with Crippen molar-refractivity contribution in [3.8, 4) is 5.75 Å². The zero-order valence-electron chi connectivity index (χ0n) is 15.4. The minimum absolute atomic E-state index is 0.195. The molecule has 0 unspecified atom stereocenters. The van der Waals surface area contributed by atoms with E-state index < -0.39 is 12.1 Å². The van der Waals surface area contributed by atoms with Crippen molar-refractivity contribution in [2.75, 3.05) is 0 Å². The number of fused-ring (bicyclic) bond motifs is 1. The van der Waals surface area contributed by atoms with E-state index in [9.17, 15) is 14.7 Å².